The molecule has 61 heavy (non-hydrogen) atoms. The molecule has 0 aliphatic carbocycles. The number of phosphoric acid groups is 3. The second-order valence-corrected chi connectivity index (χ2v) is 19.5. The van der Waals surface area contributed by atoms with Gasteiger partial charge in [0, 0.05) is 50.6 Å². The SMILES string of the molecule is CC(=O)NCCCCC(O)CC(=O)SCCNC(=O)CCNC(=O)[C@H](O)C(C)(C)COP(=O)(O)OP(=O)(O)OC[C@H]1O[C@@H](n2cnc3c(N)ncnc32)[C@H](O)[C@@H]1OP(=O)(O)O. The maximum atomic E-state index is 12.7. The first kappa shape index (κ1) is 52.3. The lowest BCUT2D eigenvalue weighted by atomic mass is 9.87. The average molecular weight is 953 g/mol. The van der Waals surface area contributed by atoms with Crippen LogP contribution in [0.1, 0.15) is 59.1 Å². The predicted octanol–water partition coefficient (Wildman–Crippen LogP) is -1.28. The first-order chi connectivity index (χ1) is 28.3. The topological polar surface area (TPSA) is 413 Å². The van der Waals surface area contributed by atoms with Gasteiger partial charge in [0.15, 0.2) is 22.8 Å². The highest BCUT2D eigenvalue weighted by atomic mass is 32.2. The van der Waals surface area contributed by atoms with Gasteiger partial charge in [0.25, 0.3) is 0 Å². The summed E-state index contributed by atoms with van der Waals surface area (Å²) in [4.78, 5) is 98.7. The highest BCUT2D eigenvalue weighted by Crippen LogP contribution is 2.61. The van der Waals surface area contributed by atoms with Crippen molar-refractivity contribution in [2.45, 2.75) is 89.6 Å². The van der Waals surface area contributed by atoms with Gasteiger partial charge in [0.05, 0.1) is 25.6 Å². The Morgan fingerprint density at radius 2 is 1.67 bits per heavy atom. The summed E-state index contributed by atoms with van der Waals surface area (Å²) in [6, 6.07) is 0. The molecule has 3 heterocycles. The molecule has 2 aromatic rings. The molecule has 2 aromatic heterocycles. The van der Waals surface area contributed by atoms with Gasteiger partial charge in [0.1, 0.15) is 36.3 Å². The number of fused-ring (bicyclic) bond motifs is 1. The summed E-state index contributed by atoms with van der Waals surface area (Å²) < 4.78 is 62.1. The van der Waals surface area contributed by atoms with E-state index in [4.69, 9.17) is 19.5 Å². The van der Waals surface area contributed by atoms with Crippen molar-refractivity contribution in [3.8, 4) is 0 Å². The van der Waals surface area contributed by atoms with Gasteiger partial charge in [-0.2, -0.15) is 4.31 Å². The molecule has 346 valence electrons. The largest absolute Gasteiger partial charge is 0.481 e. The minimum absolute atomic E-state index is 0.0211. The number of anilines is 1. The zero-order valence-electron chi connectivity index (χ0n) is 33.0. The lowest BCUT2D eigenvalue weighted by Gasteiger charge is -2.30. The van der Waals surface area contributed by atoms with E-state index in [2.05, 4.69) is 39.7 Å². The lowest BCUT2D eigenvalue weighted by Crippen LogP contribution is -2.46. The average Bonchev–Trinajstić information content (AvgIpc) is 3.71. The van der Waals surface area contributed by atoms with Gasteiger partial charge in [0.2, 0.25) is 17.7 Å². The second kappa shape index (κ2) is 23.1. The minimum atomic E-state index is -5.59. The van der Waals surface area contributed by atoms with E-state index >= 15 is 0 Å². The number of rotatable bonds is 26. The van der Waals surface area contributed by atoms with Crippen molar-refractivity contribution in [3.05, 3.63) is 12.7 Å². The quantitative estimate of drug-likeness (QED) is 0.0386. The summed E-state index contributed by atoms with van der Waals surface area (Å²) in [5.74, 6) is -1.48. The molecule has 1 aliphatic rings. The molecule has 0 spiro atoms. The second-order valence-electron chi connectivity index (χ2n) is 14.1. The van der Waals surface area contributed by atoms with Gasteiger partial charge in [-0.3, -0.25) is 37.3 Å². The fourth-order valence-corrected chi connectivity index (χ4v) is 8.99. The van der Waals surface area contributed by atoms with Crippen LogP contribution in [0.4, 0.5) is 5.82 Å². The molecular formula is C30H51N8O19P3S. The van der Waals surface area contributed by atoms with E-state index in [0.29, 0.717) is 25.8 Å². The number of carbonyl (C=O) groups excluding carboxylic acids is 4. The Labute approximate surface area is 352 Å². The maximum Gasteiger partial charge on any atom is 0.481 e. The highest BCUT2D eigenvalue weighted by Gasteiger charge is 2.50. The van der Waals surface area contributed by atoms with Crippen LogP contribution in [0.2, 0.25) is 0 Å². The number of aliphatic hydroxyl groups excluding tert-OH is 3. The molecule has 0 aromatic carbocycles. The van der Waals surface area contributed by atoms with Crippen LogP contribution in [0.3, 0.4) is 0 Å². The van der Waals surface area contributed by atoms with Crippen molar-refractivity contribution in [3.63, 3.8) is 0 Å². The molecule has 12 N–H and O–H groups in total. The number of amides is 3. The monoisotopic (exact) mass is 952 g/mol. The summed E-state index contributed by atoms with van der Waals surface area (Å²) >= 11 is 0.929. The number of imidazole rings is 1. The van der Waals surface area contributed by atoms with Crippen LogP contribution >= 0.6 is 35.2 Å². The third kappa shape index (κ3) is 17.6. The third-order valence-electron chi connectivity index (χ3n) is 8.51. The molecule has 27 nitrogen and oxygen atoms in total. The van der Waals surface area contributed by atoms with Crippen molar-refractivity contribution >= 4 is 75.0 Å². The first-order valence-corrected chi connectivity index (χ1v) is 23.8. The van der Waals surface area contributed by atoms with Crippen LogP contribution in [0.15, 0.2) is 12.7 Å². The molecule has 3 unspecified atom stereocenters. The number of unbranched alkanes of at least 4 members (excludes halogenated alkanes) is 1. The number of aliphatic hydroxyl groups is 3. The molecule has 1 saturated heterocycles. The van der Waals surface area contributed by atoms with Gasteiger partial charge in [-0.15, -0.1) is 0 Å². The van der Waals surface area contributed by atoms with Crippen molar-refractivity contribution < 1.29 is 90.4 Å². The fourth-order valence-electron chi connectivity index (χ4n) is 5.42. The number of hydrogen-bond acceptors (Lipinski definition) is 20. The number of aromatic nitrogens is 4. The van der Waals surface area contributed by atoms with E-state index in [9.17, 15) is 67.8 Å². The van der Waals surface area contributed by atoms with Crippen LogP contribution < -0.4 is 21.7 Å². The summed E-state index contributed by atoms with van der Waals surface area (Å²) in [6.07, 6.45) is -6.28. The number of ether oxygens (including phenoxy) is 1. The molecule has 0 saturated carbocycles. The van der Waals surface area contributed by atoms with Crippen LogP contribution in [0.5, 0.6) is 0 Å². The number of hydrogen-bond donors (Lipinski definition) is 11. The number of nitrogens with two attached hydrogens (primary N) is 1. The zero-order chi connectivity index (χ0) is 45.8. The maximum absolute atomic E-state index is 12.7. The number of thioether (sulfide) groups is 1. The standard InChI is InChI=1S/C30H51N8O19P3S/c1-17(39)32-8-5-4-6-18(40)12-21(42)61-11-10-33-20(41)7-9-34-28(45)25(44)30(2,3)14-54-60(51,52)57-59(49,50)53-13-19-24(56-58(46,47)48)23(43)29(55-19)38-16-37-22-26(31)35-15-36-27(22)38/h15-16,18-19,23-25,29,40,43-44H,4-14H2,1-3H3,(H,32,39)(H,33,41)(H,34,45)(H,49,50)(H,51,52)(H2,31,35,36)(H2,46,47,48)/t18?,19-,23-,24-,25+,29-/m1/s1. The first-order valence-electron chi connectivity index (χ1n) is 18.3. The number of nitrogen functional groups attached to an aromatic ring is 1. The Bertz CT molecular complexity index is 1970. The van der Waals surface area contributed by atoms with E-state index in [0.717, 1.165) is 29.0 Å². The summed E-state index contributed by atoms with van der Waals surface area (Å²) in [5.41, 5.74) is 4.21. The molecule has 8 atom stereocenters. The summed E-state index contributed by atoms with van der Waals surface area (Å²) in [5, 5.41) is 38.7. The van der Waals surface area contributed by atoms with E-state index in [1.807, 2.05) is 0 Å². The van der Waals surface area contributed by atoms with Crippen LogP contribution in [-0.2, 0) is 55.5 Å². The molecular weight excluding hydrogens is 901 g/mol. The van der Waals surface area contributed by atoms with E-state index in [1.54, 1.807) is 0 Å². The minimum Gasteiger partial charge on any atom is -0.393 e. The number of carbonyl (C=O) groups is 4. The van der Waals surface area contributed by atoms with Crippen molar-refractivity contribution in [2.75, 3.05) is 44.3 Å². The fraction of sp³-hybridized carbons (Fsp3) is 0.700. The smallest absolute Gasteiger partial charge is 0.393 e. The third-order valence-corrected chi connectivity index (χ3v) is 12.5. The van der Waals surface area contributed by atoms with E-state index in [-0.39, 0.29) is 59.7 Å². The number of nitrogens with zero attached hydrogens (tertiary/aromatic N) is 4. The molecule has 0 radical (unpaired) electrons. The highest BCUT2D eigenvalue weighted by molar-refractivity contribution is 8.13. The van der Waals surface area contributed by atoms with Crippen LogP contribution in [-0.4, -0.2) is 146 Å². The molecule has 3 amide bonds. The van der Waals surface area contributed by atoms with E-state index in [1.165, 1.54) is 20.8 Å². The Morgan fingerprint density at radius 3 is 2.34 bits per heavy atom. The van der Waals surface area contributed by atoms with Crippen molar-refractivity contribution in [2.24, 2.45) is 5.41 Å². The normalized spacial score (nSPS) is 21.3. The molecule has 1 fully saturated rings. The molecule has 0 bridgehead atoms. The number of nitrogens with one attached hydrogen (secondary N) is 3. The lowest BCUT2D eigenvalue weighted by molar-refractivity contribution is -0.137. The number of phosphoric ester groups is 3. The van der Waals surface area contributed by atoms with Crippen LogP contribution in [0.25, 0.3) is 11.2 Å². The van der Waals surface area contributed by atoms with Gasteiger partial charge < -0.3 is 61.3 Å². The zero-order valence-corrected chi connectivity index (χ0v) is 36.5. The van der Waals surface area contributed by atoms with Gasteiger partial charge in [-0.1, -0.05) is 25.6 Å². The summed E-state index contributed by atoms with van der Waals surface area (Å²) in [7, 11) is -16.5. The Hall–Kier alpha value is -3.01. The van der Waals surface area contributed by atoms with Crippen molar-refractivity contribution in [1.82, 2.24) is 35.5 Å². The predicted molar refractivity (Wildman–Crippen MR) is 210 cm³/mol. The van der Waals surface area contributed by atoms with Crippen LogP contribution in [0, 0.1) is 5.41 Å². The van der Waals surface area contributed by atoms with Gasteiger partial charge in [-0.05, 0) is 19.3 Å². The van der Waals surface area contributed by atoms with Crippen molar-refractivity contribution in [1.29, 1.82) is 0 Å². The molecule has 3 rings (SSSR count). The molecule has 1 aliphatic heterocycles. The Balaban J connectivity index is 1.41. The molecule has 31 heteroatoms. The van der Waals surface area contributed by atoms with Gasteiger partial charge >= 0.3 is 23.5 Å². The van der Waals surface area contributed by atoms with E-state index < -0.39 is 90.7 Å². The van der Waals surface area contributed by atoms with Gasteiger partial charge in [-0.25, -0.2) is 28.6 Å². The Morgan fingerprint density at radius 1 is 0.984 bits per heavy atom. The Kier molecular flexibility index (Phi) is 19.8. The summed E-state index contributed by atoms with van der Waals surface area (Å²) in [6.45, 7) is 2.16.